The molecule has 2 rings (SSSR count). The van der Waals surface area contributed by atoms with Crippen LogP contribution in [0.25, 0.3) is 0 Å². The van der Waals surface area contributed by atoms with Crippen molar-refractivity contribution in [3.63, 3.8) is 0 Å². The van der Waals surface area contributed by atoms with Gasteiger partial charge in [0.15, 0.2) is 0 Å². The van der Waals surface area contributed by atoms with Gasteiger partial charge in [0.25, 0.3) is 0 Å². The lowest BCUT2D eigenvalue weighted by atomic mass is 10.1. The van der Waals surface area contributed by atoms with Crippen molar-refractivity contribution in [1.82, 2.24) is 0 Å². The van der Waals surface area contributed by atoms with E-state index in [0.717, 1.165) is 18.9 Å². The maximum absolute atomic E-state index is 13.6. The Hall–Kier alpha value is -1.78. The Labute approximate surface area is 98.9 Å². The second-order valence-corrected chi connectivity index (χ2v) is 4.06. The average molecular weight is 238 g/mol. The number of nitrogen functional groups attached to an aromatic ring is 1. The van der Waals surface area contributed by atoms with Gasteiger partial charge in [-0.15, -0.1) is 0 Å². The van der Waals surface area contributed by atoms with E-state index in [4.69, 9.17) is 10.5 Å². The highest BCUT2D eigenvalue weighted by atomic mass is 19.1. The largest absolute Gasteiger partial charge is 0.462 e. The van der Waals surface area contributed by atoms with Crippen LogP contribution in [-0.4, -0.2) is 18.6 Å². The zero-order valence-electron chi connectivity index (χ0n) is 9.63. The molecule has 0 spiro atoms. The molecule has 0 atom stereocenters. The fourth-order valence-corrected chi connectivity index (χ4v) is 1.53. The van der Waals surface area contributed by atoms with Crippen molar-refractivity contribution in [2.75, 3.05) is 17.7 Å². The molecule has 92 valence electrons. The first-order valence-electron chi connectivity index (χ1n) is 5.64. The fourth-order valence-electron chi connectivity index (χ4n) is 1.53. The summed E-state index contributed by atoms with van der Waals surface area (Å²) in [6, 6.07) is 2.88. The average Bonchev–Trinajstić information content (AvgIpc) is 3.06. The summed E-state index contributed by atoms with van der Waals surface area (Å²) in [5.41, 5.74) is 6.21. The lowest BCUT2D eigenvalue weighted by molar-refractivity contribution is 0.0527. The number of nitrogens with one attached hydrogen (secondary N) is 1. The van der Waals surface area contributed by atoms with Gasteiger partial charge in [0.2, 0.25) is 0 Å². The van der Waals surface area contributed by atoms with Gasteiger partial charge in [-0.2, -0.15) is 0 Å². The molecule has 1 fully saturated rings. The molecule has 4 nitrogen and oxygen atoms in total. The number of hydrogen-bond acceptors (Lipinski definition) is 4. The highest BCUT2D eigenvalue weighted by Gasteiger charge is 2.23. The van der Waals surface area contributed by atoms with Crippen molar-refractivity contribution in [2.24, 2.45) is 0 Å². The van der Waals surface area contributed by atoms with E-state index in [0.29, 0.717) is 11.7 Å². The molecule has 0 saturated heterocycles. The third-order valence-corrected chi connectivity index (χ3v) is 2.57. The van der Waals surface area contributed by atoms with Gasteiger partial charge >= 0.3 is 5.97 Å². The minimum atomic E-state index is -0.524. The Bertz CT molecular complexity index is 444. The molecule has 0 bridgehead atoms. The third-order valence-electron chi connectivity index (χ3n) is 2.57. The Kier molecular flexibility index (Phi) is 3.17. The predicted molar refractivity (Wildman–Crippen MR) is 63.4 cm³/mol. The lowest BCUT2D eigenvalue weighted by Crippen LogP contribution is -2.11. The van der Waals surface area contributed by atoms with Gasteiger partial charge in [0.05, 0.1) is 17.9 Å². The molecule has 1 aliphatic rings. The summed E-state index contributed by atoms with van der Waals surface area (Å²) in [7, 11) is 0. The summed E-state index contributed by atoms with van der Waals surface area (Å²) < 4.78 is 18.4. The number of nitrogens with two attached hydrogens (primary N) is 1. The molecule has 0 amide bonds. The lowest BCUT2D eigenvalue weighted by Gasteiger charge is -2.10. The van der Waals surface area contributed by atoms with Crippen LogP contribution in [0.5, 0.6) is 0 Å². The zero-order chi connectivity index (χ0) is 12.4. The normalized spacial score (nSPS) is 14.5. The number of rotatable bonds is 4. The van der Waals surface area contributed by atoms with Crippen LogP contribution in [0.2, 0.25) is 0 Å². The van der Waals surface area contributed by atoms with E-state index in [1.807, 2.05) is 0 Å². The van der Waals surface area contributed by atoms with Gasteiger partial charge in [0.1, 0.15) is 5.82 Å². The van der Waals surface area contributed by atoms with E-state index in [-0.39, 0.29) is 17.9 Å². The quantitative estimate of drug-likeness (QED) is 0.623. The van der Waals surface area contributed by atoms with Crippen molar-refractivity contribution in [3.05, 3.63) is 23.5 Å². The number of ether oxygens (including phenoxy) is 1. The van der Waals surface area contributed by atoms with Gasteiger partial charge in [-0.25, -0.2) is 9.18 Å². The topological polar surface area (TPSA) is 64.3 Å². The van der Waals surface area contributed by atoms with Crippen molar-refractivity contribution in [2.45, 2.75) is 25.8 Å². The monoisotopic (exact) mass is 238 g/mol. The van der Waals surface area contributed by atoms with Crippen LogP contribution in [-0.2, 0) is 4.74 Å². The van der Waals surface area contributed by atoms with Gasteiger partial charge in [0, 0.05) is 11.7 Å². The Morgan fingerprint density at radius 1 is 1.59 bits per heavy atom. The van der Waals surface area contributed by atoms with E-state index in [1.165, 1.54) is 6.07 Å². The Morgan fingerprint density at radius 3 is 2.88 bits per heavy atom. The number of halogens is 1. The standard InChI is InChI=1S/C12H15FN2O2/c1-2-17-12(16)8-5-11(15-7-3-4-7)9(13)6-10(8)14/h5-7,15H,2-4,14H2,1H3. The second-order valence-electron chi connectivity index (χ2n) is 4.06. The maximum Gasteiger partial charge on any atom is 0.340 e. The molecule has 0 unspecified atom stereocenters. The van der Waals surface area contributed by atoms with Crippen molar-refractivity contribution >= 4 is 17.3 Å². The molecule has 0 heterocycles. The minimum Gasteiger partial charge on any atom is -0.462 e. The summed E-state index contributed by atoms with van der Waals surface area (Å²) in [4.78, 5) is 11.6. The molecule has 0 radical (unpaired) electrons. The second kappa shape index (κ2) is 4.61. The molecule has 5 heteroatoms. The highest BCUT2D eigenvalue weighted by Crippen LogP contribution is 2.29. The molecular formula is C12H15FN2O2. The van der Waals surface area contributed by atoms with E-state index in [2.05, 4.69) is 5.32 Å². The van der Waals surface area contributed by atoms with Gasteiger partial charge in [-0.1, -0.05) is 0 Å². The maximum atomic E-state index is 13.6. The first kappa shape index (κ1) is 11.7. The molecule has 1 aliphatic carbocycles. The zero-order valence-corrected chi connectivity index (χ0v) is 9.63. The van der Waals surface area contributed by atoms with Crippen molar-refractivity contribution < 1.29 is 13.9 Å². The Morgan fingerprint density at radius 2 is 2.29 bits per heavy atom. The molecular weight excluding hydrogens is 223 g/mol. The summed E-state index contributed by atoms with van der Waals surface area (Å²) in [5, 5.41) is 3.01. The molecule has 1 aromatic rings. The predicted octanol–water partition coefficient (Wildman–Crippen LogP) is 2.16. The molecule has 1 aromatic carbocycles. The van der Waals surface area contributed by atoms with Crippen molar-refractivity contribution in [1.29, 1.82) is 0 Å². The fraction of sp³-hybridized carbons (Fsp3) is 0.417. The number of carbonyl (C=O) groups excluding carboxylic acids is 1. The smallest absolute Gasteiger partial charge is 0.340 e. The Balaban J connectivity index is 2.27. The summed E-state index contributed by atoms with van der Waals surface area (Å²) in [6.45, 7) is 1.97. The summed E-state index contributed by atoms with van der Waals surface area (Å²) in [6.07, 6.45) is 2.05. The number of benzene rings is 1. The van der Waals surface area contributed by atoms with Crippen LogP contribution < -0.4 is 11.1 Å². The molecule has 1 saturated carbocycles. The van der Waals surface area contributed by atoms with Crippen LogP contribution in [0, 0.1) is 5.82 Å². The third kappa shape index (κ3) is 2.67. The van der Waals surface area contributed by atoms with E-state index < -0.39 is 11.8 Å². The number of esters is 1. The molecule has 0 aromatic heterocycles. The van der Waals surface area contributed by atoms with Crippen LogP contribution >= 0.6 is 0 Å². The SMILES string of the molecule is CCOC(=O)c1cc(NC2CC2)c(F)cc1N. The minimum absolute atomic E-state index is 0.0993. The van der Waals surface area contributed by atoms with E-state index >= 15 is 0 Å². The summed E-state index contributed by atoms with van der Waals surface area (Å²) in [5.74, 6) is -0.966. The number of anilines is 2. The molecule has 17 heavy (non-hydrogen) atoms. The molecule has 0 aliphatic heterocycles. The van der Waals surface area contributed by atoms with Crippen LogP contribution in [0.1, 0.15) is 30.1 Å². The van der Waals surface area contributed by atoms with Crippen LogP contribution in [0.15, 0.2) is 12.1 Å². The highest BCUT2D eigenvalue weighted by molar-refractivity contribution is 5.96. The first-order valence-corrected chi connectivity index (χ1v) is 5.64. The van der Waals surface area contributed by atoms with Gasteiger partial charge in [-0.05, 0) is 31.9 Å². The number of carbonyl (C=O) groups is 1. The van der Waals surface area contributed by atoms with Crippen LogP contribution in [0.3, 0.4) is 0 Å². The van der Waals surface area contributed by atoms with E-state index in [1.54, 1.807) is 6.92 Å². The van der Waals surface area contributed by atoms with Gasteiger partial charge < -0.3 is 15.8 Å². The summed E-state index contributed by atoms with van der Waals surface area (Å²) >= 11 is 0. The molecule has 3 N–H and O–H groups in total. The van der Waals surface area contributed by atoms with Crippen LogP contribution in [0.4, 0.5) is 15.8 Å². The van der Waals surface area contributed by atoms with Gasteiger partial charge in [-0.3, -0.25) is 0 Å². The first-order chi connectivity index (χ1) is 8.11. The van der Waals surface area contributed by atoms with Crippen molar-refractivity contribution in [3.8, 4) is 0 Å². The number of hydrogen-bond donors (Lipinski definition) is 2. The van der Waals surface area contributed by atoms with E-state index in [9.17, 15) is 9.18 Å².